The molecule has 0 bridgehead atoms. The second-order valence-electron chi connectivity index (χ2n) is 6.39. The van der Waals surface area contributed by atoms with E-state index in [1.807, 2.05) is 30.5 Å². The number of hydrogen-bond acceptors (Lipinski definition) is 2. The lowest BCUT2D eigenvalue weighted by Crippen LogP contribution is -2.00. The number of aromatic nitrogens is 1. The number of rotatable bonds is 4. The van der Waals surface area contributed by atoms with Crippen molar-refractivity contribution in [2.75, 3.05) is 7.11 Å². The highest BCUT2D eigenvalue weighted by atomic mass is 16.5. The lowest BCUT2D eigenvalue weighted by atomic mass is 10.1. The fourth-order valence-corrected chi connectivity index (χ4v) is 3.02. The van der Waals surface area contributed by atoms with Crippen LogP contribution in [0.5, 0.6) is 5.75 Å². The number of benzene rings is 2. The first-order valence-electron chi connectivity index (χ1n) is 8.44. The van der Waals surface area contributed by atoms with E-state index in [1.54, 1.807) is 7.11 Å². The van der Waals surface area contributed by atoms with Crippen molar-refractivity contribution in [1.82, 2.24) is 4.57 Å². The number of ether oxygens (including phenoxy) is 1. The molecule has 0 saturated heterocycles. The molecular weight excluding hydrogens is 308 g/mol. The van der Waals surface area contributed by atoms with Gasteiger partial charge in [0.1, 0.15) is 5.75 Å². The maximum atomic E-state index is 5.25. The third-order valence-corrected chi connectivity index (χ3v) is 4.62. The summed E-state index contributed by atoms with van der Waals surface area (Å²) >= 11 is 0. The van der Waals surface area contributed by atoms with E-state index in [0.717, 1.165) is 17.0 Å². The molecule has 2 aromatic carbocycles. The number of methoxy groups -OCH3 is 1. The van der Waals surface area contributed by atoms with Gasteiger partial charge in [0, 0.05) is 34.9 Å². The minimum atomic E-state index is 0.815. The van der Waals surface area contributed by atoms with Gasteiger partial charge in [-0.1, -0.05) is 12.1 Å². The molecule has 25 heavy (non-hydrogen) atoms. The zero-order valence-electron chi connectivity index (χ0n) is 15.5. The van der Waals surface area contributed by atoms with Gasteiger partial charge in [0.25, 0.3) is 0 Å². The molecule has 3 heteroatoms. The van der Waals surface area contributed by atoms with Crippen LogP contribution in [0.1, 0.15) is 28.1 Å². The molecule has 0 atom stereocenters. The van der Waals surface area contributed by atoms with Crippen molar-refractivity contribution in [1.29, 1.82) is 0 Å². The maximum absolute atomic E-state index is 5.25. The highest BCUT2D eigenvalue weighted by Crippen LogP contribution is 2.23. The van der Waals surface area contributed by atoms with E-state index in [-0.39, 0.29) is 0 Å². The quantitative estimate of drug-likeness (QED) is 0.582. The molecule has 0 aliphatic rings. The molecule has 0 saturated carbocycles. The highest BCUT2D eigenvalue weighted by molar-refractivity contribution is 5.84. The smallest absolute Gasteiger partial charge is 0.121 e. The van der Waals surface area contributed by atoms with Gasteiger partial charge >= 0.3 is 0 Å². The molecule has 0 spiro atoms. The van der Waals surface area contributed by atoms with Crippen molar-refractivity contribution >= 4 is 11.9 Å². The summed E-state index contributed by atoms with van der Waals surface area (Å²) in [6.45, 7) is 8.55. The lowest BCUT2D eigenvalue weighted by molar-refractivity contribution is 0.415. The van der Waals surface area contributed by atoms with Gasteiger partial charge in [0.2, 0.25) is 0 Å². The van der Waals surface area contributed by atoms with E-state index >= 15 is 0 Å². The van der Waals surface area contributed by atoms with Gasteiger partial charge < -0.3 is 9.30 Å². The van der Waals surface area contributed by atoms with E-state index in [1.165, 1.54) is 28.2 Å². The Morgan fingerprint density at radius 3 is 2.44 bits per heavy atom. The highest BCUT2D eigenvalue weighted by Gasteiger charge is 2.10. The molecule has 1 aromatic heterocycles. The van der Waals surface area contributed by atoms with Crippen LogP contribution in [0.15, 0.2) is 53.5 Å². The van der Waals surface area contributed by atoms with Crippen LogP contribution in [0.2, 0.25) is 0 Å². The summed E-state index contributed by atoms with van der Waals surface area (Å²) in [5, 5.41) is 0. The van der Waals surface area contributed by atoms with Crippen molar-refractivity contribution < 1.29 is 4.74 Å². The molecule has 0 aliphatic heterocycles. The van der Waals surface area contributed by atoms with E-state index in [2.05, 4.69) is 61.5 Å². The van der Waals surface area contributed by atoms with Crippen molar-refractivity contribution in [3.8, 4) is 11.4 Å². The molecule has 0 aliphatic carbocycles. The average molecular weight is 332 g/mol. The largest absolute Gasteiger partial charge is 0.497 e. The van der Waals surface area contributed by atoms with Crippen LogP contribution in [0.25, 0.3) is 5.69 Å². The van der Waals surface area contributed by atoms with Crippen LogP contribution in [-0.4, -0.2) is 17.9 Å². The molecule has 3 nitrogen and oxygen atoms in total. The van der Waals surface area contributed by atoms with Crippen LogP contribution in [0, 0.1) is 27.7 Å². The van der Waals surface area contributed by atoms with Gasteiger partial charge in [-0.3, -0.25) is 4.99 Å². The summed E-state index contributed by atoms with van der Waals surface area (Å²) in [7, 11) is 1.67. The topological polar surface area (TPSA) is 26.5 Å². The van der Waals surface area contributed by atoms with Crippen molar-refractivity contribution in [2.45, 2.75) is 27.7 Å². The molecule has 128 valence electrons. The SMILES string of the molecule is COc1cccc(N=Cc2cc(C)n(-c3ccc(C)c(C)c3)c2C)c1. The molecule has 3 aromatic rings. The Balaban J connectivity index is 1.96. The summed E-state index contributed by atoms with van der Waals surface area (Å²) in [6, 6.07) is 16.5. The van der Waals surface area contributed by atoms with E-state index in [0.29, 0.717) is 0 Å². The van der Waals surface area contributed by atoms with Crippen LogP contribution in [0.3, 0.4) is 0 Å². The van der Waals surface area contributed by atoms with Gasteiger partial charge in [-0.15, -0.1) is 0 Å². The molecule has 0 radical (unpaired) electrons. The van der Waals surface area contributed by atoms with Crippen molar-refractivity contribution in [2.24, 2.45) is 4.99 Å². The summed E-state index contributed by atoms with van der Waals surface area (Å²) in [5.74, 6) is 0.815. The number of hydrogen-bond donors (Lipinski definition) is 0. The monoisotopic (exact) mass is 332 g/mol. The first-order valence-corrected chi connectivity index (χ1v) is 8.44. The van der Waals surface area contributed by atoms with Crippen molar-refractivity contribution in [3.05, 3.63) is 76.6 Å². The normalized spacial score (nSPS) is 11.2. The molecule has 0 amide bonds. The van der Waals surface area contributed by atoms with Gasteiger partial charge in [-0.2, -0.15) is 0 Å². The lowest BCUT2D eigenvalue weighted by Gasteiger charge is -2.11. The summed E-state index contributed by atoms with van der Waals surface area (Å²) < 4.78 is 7.53. The predicted octanol–water partition coefficient (Wildman–Crippen LogP) is 5.47. The minimum absolute atomic E-state index is 0.815. The molecule has 3 rings (SSSR count). The second kappa shape index (κ2) is 6.98. The van der Waals surface area contributed by atoms with E-state index in [4.69, 9.17) is 4.74 Å². The van der Waals surface area contributed by atoms with E-state index < -0.39 is 0 Å². The van der Waals surface area contributed by atoms with Crippen LogP contribution in [-0.2, 0) is 0 Å². The van der Waals surface area contributed by atoms with Gasteiger partial charge in [0.05, 0.1) is 12.8 Å². The van der Waals surface area contributed by atoms with Crippen LogP contribution < -0.4 is 4.74 Å². The van der Waals surface area contributed by atoms with Gasteiger partial charge in [-0.25, -0.2) is 0 Å². The zero-order valence-corrected chi connectivity index (χ0v) is 15.5. The molecule has 0 N–H and O–H groups in total. The third-order valence-electron chi connectivity index (χ3n) is 4.62. The first kappa shape index (κ1) is 17.0. The fraction of sp³-hybridized carbons (Fsp3) is 0.227. The van der Waals surface area contributed by atoms with Crippen molar-refractivity contribution in [3.63, 3.8) is 0 Å². The first-order chi connectivity index (χ1) is 12.0. The molecule has 0 unspecified atom stereocenters. The Labute approximate surface area is 149 Å². The van der Waals surface area contributed by atoms with E-state index in [9.17, 15) is 0 Å². The van der Waals surface area contributed by atoms with Gasteiger partial charge in [0.15, 0.2) is 0 Å². The van der Waals surface area contributed by atoms with Crippen LogP contribution >= 0.6 is 0 Å². The number of nitrogens with zero attached hydrogens (tertiary/aromatic N) is 2. The number of aryl methyl sites for hydroxylation is 3. The maximum Gasteiger partial charge on any atom is 0.121 e. The third kappa shape index (κ3) is 3.50. The number of aliphatic imine (C=N–C) groups is 1. The van der Waals surface area contributed by atoms with Gasteiger partial charge in [-0.05, 0) is 69.2 Å². The summed E-state index contributed by atoms with van der Waals surface area (Å²) in [5.41, 5.74) is 8.20. The summed E-state index contributed by atoms with van der Waals surface area (Å²) in [4.78, 5) is 4.61. The Hall–Kier alpha value is -2.81. The Morgan fingerprint density at radius 2 is 1.72 bits per heavy atom. The van der Waals surface area contributed by atoms with Crippen LogP contribution in [0.4, 0.5) is 5.69 Å². The minimum Gasteiger partial charge on any atom is -0.497 e. The molecule has 1 heterocycles. The predicted molar refractivity (Wildman–Crippen MR) is 105 cm³/mol. The Kier molecular flexibility index (Phi) is 4.75. The standard InChI is InChI=1S/C22H24N2O/c1-15-9-10-21(11-16(15)2)24-17(3)12-19(18(24)4)14-23-20-7-6-8-22(13-20)25-5/h6-14H,1-5H3. The zero-order chi connectivity index (χ0) is 18.0. The Bertz CT molecular complexity index is 935. The fourth-order valence-electron chi connectivity index (χ4n) is 3.02. The second-order valence-corrected chi connectivity index (χ2v) is 6.39. The molecule has 0 fully saturated rings. The summed E-state index contributed by atoms with van der Waals surface area (Å²) in [6.07, 6.45) is 1.93. The Morgan fingerprint density at radius 1 is 0.920 bits per heavy atom. The molecular formula is C22H24N2O. The average Bonchev–Trinajstić information content (AvgIpc) is 2.89.